The molecule has 5 nitrogen and oxygen atoms in total. The van der Waals surface area contributed by atoms with Crippen LogP contribution in [-0.4, -0.2) is 37.0 Å². The number of likely N-dealkylation sites (N-methyl/N-ethyl adjacent to an activating group) is 1. The van der Waals surface area contributed by atoms with Gasteiger partial charge in [-0.2, -0.15) is 0 Å². The monoisotopic (exact) mass is 314 g/mol. The maximum atomic E-state index is 11.8. The number of carbonyl (C=O) groups excluding carboxylic acids is 2. The van der Waals surface area contributed by atoms with Crippen molar-refractivity contribution < 1.29 is 14.3 Å². The van der Waals surface area contributed by atoms with Gasteiger partial charge in [-0.05, 0) is 25.1 Å². The molecule has 0 aliphatic carbocycles. The highest BCUT2D eigenvalue weighted by molar-refractivity contribution is 9.10. The molecule has 0 fully saturated rings. The minimum Gasteiger partial charge on any atom is -0.449 e. The number of hydrogen-bond donors (Lipinski definition) is 1. The lowest BCUT2D eigenvalue weighted by Gasteiger charge is -2.17. The maximum absolute atomic E-state index is 11.8. The van der Waals surface area contributed by atoms with Gasteiger partial charge in [-0.1, -0.05) is 15.9 Å². The molecule has 0 radical (unpaired) electrons. The number of carbonyl (C=O) groups is 2. The quantitative estimate of drug-likeness (QED) is 0.680. The summed E-state index contributed by atoms with van der Waals surface area (Å²) in [6, 6.07) is 4.76. The summed E-state index contributed by atoms with van der Waals surface area (Å²) in [5.74, 6) is -0.850. The van der Waals surface area contributed by atoms with Crippen LogP contribution in [0.3, 0.4) is 0 Å². The Morgan fingerprint density at radius 1 is 1.33 bits per heavy atom. The summed E-state index contributed by atoms with van der Waals surface area (Å²) in [5, 5.41) is 0. The lowest BCUT2D eigenvalue weighted by molar-refractivity contribution is -0.137. The van der Waals surface area contributed by atoms with Crippen LogP contribution in [-0.2, 0) is 9.53 Å². The van der Waals surface area contributed by atoms with Crippen LogP contribution in [0.2, 0.25) is 0 Å². The molecule has 1 aromatic carbocycles. The van der Waals surface area contributed by atoms with Gasteiger partial charge in [0.05, 0.1) is 5.56 Å². The zero-order valence-electron chi connectivity index (χ0n) is 10.4. The highest BCUT2D eigenvalue weighted by Gasteiger charge is 2.20. The van der Waals surface area contributed by atoms with Crippen LogP contribution in [0.15, 0.2) is 22.7 Å². The first-order valence-corrected chi connectivity index (χ1v) is 6.08. The predicted molar refractivity (Wildman–Crippen MR) is 72.1 cm³/mol. The normalized spacial score (nSPS) is 11.8. The van der Waals surface area contributed by atoms with Crippen LogP contribution in [0, 0.1) is 0 Å². The van der Waals surface area contributed by atoms with E-state index in [4.69, 9.17) is 10.5 Å². The number of hydrogen-bond acceptors (Lipinski definition) is 4. The predicted octanol–water partition coefficient (Wildman–Crippen LogP) is 1.66. The van der Waals surface area contributed by atoms with E-state index < -0.39 is 12.1 Å². The number of nitrogen functional groups attached to an aromatic ring is 1. The molecule has 98 valence electrons. The Balaban J connectivity index is 2.79. The Morgan fingerprint density at radius 3 is 2.44 bits per heavy atom. The van der Waals surface area contributed by atoms with Gasteiger partial charge < -0.3 is 15.4 Å². The van der Waals surface area contributed by atoms with E-state index in [0.29, 0.717) is 15.7 Å². The minimum atomic E-state index is -0.826. The van der Waals surface area contributed by atoms with Gasteiger partial charge in [0, 0.05) is 24.3 Å². The molecule has 1 amide bonds. The second-order valence-electron chi connectivity index (χ2n) is 4.05. The van der Waals surface area contributed by atoms with E-state index in [-0.39, 0.29) is 5.91 Å². The molecule has 6 heteroatoms. The van der Waals surface area contributed by atoms with E-state index in [1.807, 2.05) is 0 Å². The fraction of sp³-hybridized carbons (Fsp3) is 0.333. The standard InChI is InChI=1S/C12H15BrN2O3/c1-7(11(16)15(2)3)18-12(17)8-4-9(13)6-10(14)5-8/h4-7H,14H2,1-3H3. The molecule has 1 atom stereocenters. The Bertz CT molecular complexity index is 454. The molecular weight excluding hydrogens is 300 g/mol. The number of nitrogens with two attached hydrogens (primary N) is 1. The van der Waals surface area contributed by atoms with E-state index >= 15 is 0 Å². The van der Waals surface area contributed by atoms with Crippen molar-refractivity contribution in [3.8, 4) is 0 Å². The van der Waals surface area contributed by atoms with Crippen molar-refractivity contribution in [2.24, 2.45) is 0 Å². The molecule has 1 aromatic rings. The highest BCUT2D eigenvalue weighted by Crippen LogP contribution is 2.18. The summed E-state index contributed by atoms with van der Waals surface area (Å²) >= 11 is 3.24. The summed E-state index contributed by atoms with van der Waals surface area (Å²) in [7, 11) is 3.20. The molecule has 0 aliphatic heterocycles. The Morgan fingerprint density at radius 2 is 1.94 bits per heavy atom. The number of ether oxygens (including phenoxy) is 1. The Labute approximate surface area is 114 Å². The van der Waals surface area contributed by atoms with Gasteiger partial charge in [-0.3, -0.25) is 4.79 Å². The Kier molecular flexibility index (Phi) is 4.72. The number of benzene rings is 1. The van der Waals surface area contributed by atoms with Gasteiger partial charge in [-0.25, -0.2) is 4.79 Å². The van der Waals surface area contributed by atoms with Crippen molar-refractivity contribution in [2.75, 3.05) is 19.8 Å². The van der Waals surface area contributed by atoms with E-state index in [1.54, 1.807) is 26.2 Å². The first-order valence-electron chi connectivity index (χ1n) is 5.29. The van der Waals surface area contributed by atoms with Gasteiger partial charge in [0.25, 0.3) is 5.91 Å². The third-order valence-corrected chi connectivity index (χ3v) is 2.69. The van der Waals surface area contributed by atoms with Gasteiger partial charge in [0.15, 0.2) is 6.10 Å². The Hall–Kier alpha value is -1.56. The molecular formula is C12H15BrN2O3. The summed E-state index contributed by atoms with van der Waals surface area (Å²) in [6.45, 7) is 1.53. The molecule has 0 aliphatic rings. The number of esters is 1. The lowest BCUT2D eigenvalue weighted by atomic mass is 10.2. The molecule has 0 saturated heterocycles. The van der Waals surface area contributed by atoms with E-state index in [9.17, 15) is 9.59 Å². The topological polar surface area (TPSA) is 72.6 Å². The van der Waals surface area contributed by atoms with E-state index in [1.165, 1.54) is 17.9 Å². The summed E-state index contributed by atoms with van der Waals surface area (Å²) in [5.41, 5.74) is 6.38. The molecule has 0 heterocycles. The fourth-order valence-electron chi connectivity index (χ4n) is 1.37. The number of anilines is 1. The molecule has 2 N–H and O–H groups in total. The van der Waals surface area contributed by atoms with Crippen molar-refractivity contribution in [1.29, 1.82) is 0 Å². The van der Waals surface area contributed by atoms with Gasteiger partial charge >= 0.3 is 5.97 Å². The van der Waals surface area contributed by atoms with Gasteiger partial charge in [0.2, 0.25) is 0 Å². The lowest BCUT2D eigenvalue weighted by Crippen LogP contribution is -2.34. The van der Waals surface area contributed by atoms with Gasteiger partial charge in [0.1, 0.15) is 0 Å². The largest absolute Gasteiger partial charge is 0.449 e. The number of rotatable bonds is 3. The number of amides is 1. The van der Waals surface area contributed by atoms with Crippen molar-refractivity contribution in [1.82, 2.24) is 4.90 Å². The molecule has 0 aromatic heterocycles. The van der Waals surface area contributed by atoms with Crippen molar-refractivity contribution in [3.05, 3.63) is 28.2 Å². The highest BCUT2D eigenvalue weighted by atomic mass is 79.9. The fourth-order valence-corrected chi connectivity index (χ4v) is 1.88. The average Bonchev–Trinajstić information content (AvgIpc) is 2.26. The van der Waals surface area contributed by atoms with Crippen LogP contribution >= 0.6 is 15.9 Å². The third-order valence-electron chi connectivity index (χ3n) is 2.23. The van der Waals surface area contributed by atoms with Crippen molar-refractivity contribution in [3.63, 3.8) is 0 Å². The average molecular weight is 315 g/mol. The smallest absolute Gasteiger partial charge is 0.339 e. The van der Waals surface area contributed by atoms with Crippen LogP contribution in [0.25, 0.3) is 0 Å². The minimum absolute atomic E-state index is 0.272. The summed E-state index contributed by atoms with van der Waals surface area (Å²) < 4.78 is 5.74. The van der Waals surface area contributed by atoms with Crippen molar-refractivity contribution >= 4 is 33.5 Å². The second-order valence-corrected chi connectivity index (χ2v) is 4.97. The van der Waals surface area contributed by atoms with Gasteiger partial charge in [-0.15, -0.1) is 0 Å². The number of nitrogens with zero attached hydrogens (tertiary/aromatic N) is 1. The zero-order chi connectivity index (χ0) is 13.9. The molecule has 0 bridgehead atoms. The van der Waals surface area contributed by atoms with Crippen LogP contribution < -0.4 is 5.73 Å². The van der Waals surface area contributed by atoms with Crippen LogP contribution in [0.4, 0.5) is 5.69 Å². The summed E-state index contributed by atoms with van der Waals surface area (Å²) in [4.78, 5) is 24.7. The third kappa shape index (κ3) is 3.73. The van der Waals surface area contributed by atoms with E-state index in [2.05, 4.69) is 15.9 Å². The first kappa shape index (κ1) is 14.5. The van der Waals surface area contributed by atoms with Crippen LogP contribution in [0.5, 0.6) is 0 Å². The summed E-state index contributed by atoms with van der Waals surface area (Å²) in [6.07, 6.45) is -0.826. The zero-order valence-corrected chi connectivity index (χ0v) is 12.0. The molecule has 0 spiro atoms. The maximum Gasteiger partial charge on any atom is 0.339 e. The molecule has 18 heavy (non-hydrogen) atoms. The number of halogens is 1. The second kappa shape index (κ2) is 5.86. The SMILES string of the molecule is CC(OC(=O)c1cc(N)cc(Br)c1)C(=O)N(C)C. The first-order chi connectivity index (χ1) is 8.31. The van der Waals surface area contributed by atoms with Crippen molar-refractivity contribution in [2.45, 2.75) is 13.0 Å². The molecule has 1 rings (SSSR count). The van der Waals surface area contributed by atoms with E-state index in [0.717, 1.165) is 0 Å². The van der Waals surface area contributed by atoms with Crippen LogP contribution in [0.1, 0.15) is 17.3 Å². The molecule has 0 saturated carbocycles. The molecule has 1 unspecified atom stereocenters.